The number of rotatable bonds is 6. The van der Waals surface area contributed by atoms with E-state index in [1.807, 2.05) is 0 Å². The summed E-state index contributed by atoms with van der Waals surface area (Å²) in [7, 11) is 0. The van der Waals surface area contributed by atoms with Crippen LogP contribution in [0.2, 0.25) is 0 Å². The van der Waals surface area contributed by atoms with E-state index in [0.29, 0.717) is 30.1 Å². The molecule has 1 rings (SSSR count). The van der Waals surface area contributed by atoms with Crippen LogP contribution in [0.4, 0.5) is 5.13 Å². The Morgan fingerprint density at radius 1 is 1.80 bits per heavy atom. The molecular formula is C9H11N3O2S. The zero-order chi connectivity index (χ0) is 11.1. The van der Waals surface area contributed by atoms with E-state index in [9.17, 15) is 4.79 Å². The zero-order valence-corrected chi connectivity index (χ0v) is 8.87. The van der Waals surface area contributed by atoms with Crippen LogP contribution >= 0.6 is 11.3 Å². The van der Waals surface area contributed by atoms with Crippen molar-refractivity contribution in [3.63, 3.8) is 0 Å². The summed E-state index contributed by atoms with van der Waals surface area (Å²) in [6, 6.07) is 0. The first-order valence-electron chi connectivity index (χ1n) is 4.25. The van der Waals surface area contributed by atoms with E-state index < -0.39 is 0 Å². The first-order chi connectivity index (χ1) is 7.27. The van der Waals surface area contributed by atoms with Gasteiger partial charge in [-0.1, -0.05) is 11.2 Å². The molecule has 6 heteroatoms. The number of carbonyl (C=O) groups excluding carboxylic acids is 1. The maximum atomic E-state index is 10.7. The molecule has 2 N–H and O–H groups in total. The van der Waals surface area contributed by atoms with Crippen LogP contribution in [0.3, 0.4) is 0 Å². The van der Waals surface area contributed by atoms with Gasteiger partial charge in [-0.15, -0.1) is 17.9 Å². The average Bonchev–Trinajstić information content (AvgIpc) is 2.65. The molecule has 1 aromatic heterocycles. The highest BCUT2D eigenvalue weighted by atomic mass is 32.1. The lowest BCUT2D eigenvalue weighted by molar-refractivity contribution is -0.102. The summed E-state index contributed by atoms with van der Waals surface area (Å²) >= 11 is 1.25. The fourth-order valence-electron chi connectivity index (χ4n) is 0.785. The third-order valence-electron chi connectivity index (χ3n) is 1.47. The molecule has 0 aliphatic rings. The van der Waals surface area contributed by atoms with Gasteiger partial charge in [0.15, 0.2) is 17.1 Å². The van der Waals surface area contributed by atoms with E-state index in [1.165, 1.54) is 11.3 Å². The number of aldehydes is 1. The average molecular weight is 225 g/mol. The van der Waals surface area contributed by atoms with Crippen LogP contribution in [-0.2, 0) is 9.63 Å². The van der Waals surface area contributed by atoms with Crippen molar-refractivity contribution in [1.82, 2.24) is 4.98 Å². The number of hydrogen-bond donors (Lipinski definition) is 1. The number of carbonyl (C=O) groups is 1. The molecule has 1 heterocycles. The van der Waals surface area contributed by atoms with Crippen molar-refractivity contribution in [2.24, 2.45) is 5.16 Å². The van der Waals surface area contributed by atoms with Crippen molar-refractivity contribution < 1.29 is 9.63 Å². The number of nitrogen functional groups attached to an aromatic ring is 1. The zero-order valence-electron chi connectivity index (χ0n) is 8.05. The highest BCUT2D eigenvalue weighted by Crippen LogP contribution is 2.11. The maximum Gasteiger partial charge on any atom is 0.180 e. The first kappa shape index (κ1) is 11.4. The second-order valence-electron chi connectivity index (χ2n) is 2.58. The van der Waals surface area contributed by atoms with Gasteiger partial charge in [-0.2, -0.15) is 0 Å². The summed E-state index contributed by atoms with van der Waals surface area (Å²) < 4.78 is 0. The van der Waals surface area contributed by atoms with Gasteiger partial charge in [0.2, 0.25) is 0 Å². The number of oxime groups is 1. The number of nitrogens with two attached hydrogens (primary N) is 1. The highest BCUT2D eigenvalue weighted by molar-refractivity contribution is 7.13. The highest BCUT2D eigenvalue weighted by Gasteiger charge is 2.07. The van der Waals surface area contributed by atoms with Crippen molar-refractivity contribution in [2.45, 2.75) is 6.42 Å². The molecule has 0 fully saturated rings. The van der Waals surface area contributed by atoms with Crippen LogP contribution in [0.1, 0.15) is 12.1 Å². The summed E-state index contributed by atoms with van der Waals surface area (Å²) in [4.78, 5) is 19.5. The molecule has 0 saturated carbocycles. The van der Waals surface area contributed by atoms with Gasteiger partial charge in [0.1, 0.15) is 12.3 Å². The Morgan fingerprint density at radius 2 is 2.60 bits per heavy atom. The van der Waals surface area contributed by atoms with E-state index in [4.69, 9.17) is 10.6 Å². The third kappa shape index (κ3) is 3.51. The SMILES string of the molecule is C=CCCON=C(C=O)c1csc(N)n1. The summed E-state index contributed by atoms with van der Waals surface area (Å²) in [5.74, 6) is 0. The van der Waals surface area contributed by atoms with Crippen LogP contribution in [0, 0.1) is 0 Å². The van der Waals surface area contributed by atoms with Gasteiger partial charge in [0.05, 0.1) is 0 Å². The molecule has 0 atom stereocenters. The van der Waals surface area contributed by atoms with Crippen LogP contribution in [0.15, 0.2) is 23.2 Å². The van der Waals surface area contributed by atoms with E-state index in [2.05, 4.69) is 16.7 Å². The standard InChI is InChI=1S/C9H11N3O2S/c1-2-3-4-14-12-7(5-13)8-6-15-9(10)11-8/h2,5-6H,1,3-4H2,(H2,10,11). The Morgan fingerprint density at radius 3 is 3.13 bits per heavy atom. The molecule has 0 aromatic carbocycles. The number of hydrogen-bond acceptors (Lipinski definition) is 6. The first-order valence-corrected chi connectivity index (χ1v) is 5.13. The smallest absolute Gasteiger partial charge is 0.180 e. The van der Waals surface area contributed by atoms with Gasteiger partial charge in [-0.05, 0) is 0 Å². The lowest BCUT2D eigenvalue weighted by atomic mass is 10.3. The summed E-state index contributed by atoms with van der Waals surface area (Å²) in [6.45, 7) is 3.92. The van der Waals surface area contributed by atoms with Gasteiger partial charge in [0.25, 0.3) is 0 Å². The summed E-state index contributed by atoms with van der Waals surface area (Å²) in [5.41, 5.74) is 6.01. The Bertz CT molecular complexity index is 373. The molecule has 0 unspecified atom stereocenters. The Balaban J connectivity index is 2.62. The fraction of sp³-hybridized carbons (Fsp3) is 0.222. The number of aromatic nitrogens is 1. The third-order valence-corrected chi connectivity index (χ3v) is 2.15. The second-order valence-corrected chi connectivity index (χ2v) is 3.47. The molecule has 0 bridgehead atoms. The van der Waals surface area contributed by atoms with E-state index in [1.54, 1.807) is 11.5 Å². The van der Waals surface area contributed by atoms with Gasteiger partial charge >= 0.3 is 0 Å². The minimum atomic E-state index is 0.145. The fourth-order valence-corrected chi connectivity index (χ4v) is 1.34. The van der Waals surface area contributed by atoms with Crippen LogP contribution < -0.4 is 5.73 Å². The monoisotopic (exact) mass is 225 g/mol. The van der Waals surface area contributed by atoms with E-state index >= 15 is 0 Å². The predicted octanol–water partition coefficient (Wildman–Crippen LogP) is 1.22. The molecule has 80 valence electrons. The van der Waals surface area contributed by atoms with Crippen LogP contribution in [0.25, 0.3) is 0 Å². The van der Waals surface area contributed by atoms with Gasteiger partial charge in [-0.3, -0.25) is 4.79 Å². The van der Waals surface area contributed by atoms with Crippen LogP contribution in [0.5, 0.6) is 0 Å². The van der Waals surface area contributed by atoms with E-state index in [-0.39, 0.29) is 5.71 Å². The predicted molar refractivity (Wildman–Crippen MR) is 59.9 cm³/mol. The molecule has 0 radical (unpaired) electrons. The Kier molecular flexibility index (Phi) is 4.49. The van der Waals surface area contributed by atoms with E-state index in [0.717, 1.165) is 0 Å². The maximum absolute atomic E-state index is 10.7. The number of anilines is 1. The molecule has 0 saturated heterocycles. The topological polar surface area (TPSA) is 77.6 Å². The Hall–Kier alpha value is -1.69. The summed E-state index contributed by atoms with van der Waals surface area (Å²) in [6.07, 6.45) is 2.97. The molecule has 1 aromatic rings. The number of thiazole rings is 1. The van der Waals surface area contributed by atoms with Crippen molar-refractivity contribution in [3.05, 3.63) is 23.7 Å². The molecule has 5 nitrogen and oxygen atoms in total. The molecule has 0 aliphatic carbocycles. The largest absolute Gasteiger partial charge is 0.395 e. The lowest BCUT2D eigenvalue weighted by Gasteiger charge is -1.96. The van der Waals surface area contributed by atoms with Crippen molar-refractivity contribution in [2.75, 3.05) is 12.3 Å². The minimum absolute atomic E-state index is 0.145. The molecule has 0 amide bonds. The van der Waals surface area contributed by atoms with Crippen molar-refractivity contribution >= 4 is 28.5 Å². The van der Waals surface area contributed by atoms with Gasteiger partial charge < -0.3 is 10.6 Å². The molecule has 15 heavy (non-hydrogen) atoms. The van der Waals surface area contributed by atoms with Crippen LogP contribution in [-0.4, -0.2) is 23.6 Å². The summed E-state index contributed by atoms with van der Waals surface area (Å²) in [5, 5.41) is 5.70. The van der Waals surface area contributed by atoms with Gasteiger partial charge in [-0.25, -0.2) is 4.98 Å². The normalized spacial score (nSPS) is 11.1. The number of nitrogens with zero attached hydrogens (tertiary/aromatic N) is 2. The molecule has 0 spiro atoms. The van der Waals surface area contributed by atoms with Crippen molar-refractivity contribution in [3.8, 4) is 0 Å². The van der Waals surface area contributed by atoms with Crippen molar-refractivity contribution in [1.29, 1.82) is 0 Å². The minimum Gasteiger partial charge on any atom is -0.395 e. The lowest BCUT2D eigenvalue weighted by Crippen LogP contribution is -2.04. The Labute approximate surface area is 91.3 Å². The molecule has 0 aliphatic heterocycles. The van der Waals surface area contributed by atoms with Gasteiger partial charge in [0, 0.05) is 11.8 Å². The second kappa shape index (κ2) is 5.92. The quantitative estimate of drug-likeness (QED) is 0.259. The molecular weight excluding hydrogens is 214 g/mol.